The maximum Gasteiger partial charge on any atom is 0.303 e. The van der Waals surface area contributed by atoms with E-state index in [9.17, 15) is 14.4 Å². The molecule has 0 radical (unpaired) electrons. The average Bonchev–Trinajstić information content (AvgIpc) is 3.32. The first-order valence-corrected chi connectivity index (χ1v) is 13.2. The minimum atomic E-state index is -1.06. The maximum absolute atomic E-state index is 13.5. The van der Waals surface area contributed by atoms with Gasteiger partial charge in [-0.3, -0.25) is 14.4 Å². The van der Waals surface area contributed by atoms with Crippen LogP contribution in [-0.4, -0.2) is 32.7 Å². The van der Waals surface area contributed by atoms with Gasteiger partial charge in [-0.1, -0.05) is 74.3 Å². The number of hydrazone groups is 1. The molecule has 0 bridgehead atoms. The van der Waals surface area contributed by atoms with Crippen LogP contribution in [0.3, 0.4) is 0 Å². The molecule has 1 atom stereocenters. The Morgan fingerprint density at radius 1 is 0.946 bits per heavy atom. The van der Waals surface area contributed by atoms with Crippen molar-refractivity contribution in [3.63, 3.8) is 0 Å². The minimum absolute atomic E-state index is 0.189. The Kier molecular flexibility index (Phi) is 7.08. The number of carbonyl (C=O) groups excluding carboxylic acids is 1. The molecule has 4 aromatic rings. The fourth-order valence-corrected chi connectivity index (χ4v) is 5.23. The molecule has 0 spiro atoms. The highest BCUT2D eigenvalue weighted by Crippen LogP contribution is 2.38. The summed E-state index contributed by atoms with van der Waals surface area (Å²) < 4.78 is 1.75. The summed E-state index contributed by atoms with van der Waals surface area (Å²) in [5.74, 6) is -1.47. The Morgan fingerprint density at radius 2 is 1.65 bits per heavy atom. The highest BCUT2D eigenvalue weighted by Gasteiger charge is 2.35. The molecule has 1 aliphatic rings. The molecule has 5 rings (SSSR count). The third kappa shape index (κ3) is 5.14. The lowest BCUT2D eigenvalue weighted by atomic mass is 9.91. The van der Waals surface area contributed by atoms with E-state index in [-0.39, 0.29) is 18.4 Å². The number of halogens is 2. The molecule has 2 N–H and O–H groups in total. The smallest absolute Gasteiger partial charge is 0.303 e. The van der Waals surface area contributed by atoms with Gasteiger partial charge in [-0.25, -0.2) is 5.01 Å². The van der Waals surface area contributed by atoms with Gasteiger partial charge < -0.3 is 10.1 Å². The van der Waals surface area contributed by atoms with Gasteiger partial charge in [0.25, 0.3) is 5.56 Å². The molecule has 3 aromatic carbocycles. The third-order valence-corrected chi connectivity index (χ3v) is 7.32. The number of benzene rings is 3. The van der Waals surface area contributed by atoms with Crippen LogP contribution in [0.15, 0.2) is 91.6 Å². The lowest BCUT2D eigenvalue weighted by Gasteiger charge is -2.22. The molecular weight excluding hydrogens is 602 g/mol. The lowest BCUT2D eigenvalue weighted by molar-refractivity contribution is -0.141. The number of fused-ring (bicyclic) bond motifs is 1. The highest BCUT2D eigenvalue weighted by molar-refractivity contribution is 9.10. The predicted molar refractivity (Wildman–Crippen MR) is 149 cm³/mol. The number of carbonyl (C=O) groups is 2. The van der Waals surface area contributed by atoms with Crippen LogP contribution in [0.25, 0.3) is 22.0 Å². The SMILES string of the molecule is O=C(O)CCC(=O)N1N=C(c2c(-c3ccccc3)c3cc(Br)ccc3[nH]c2=O)C[C@@H]1c1ccc(Br)cc1. The number of aromatic nitrogens is 1. The molecule has 1 aromatic heterocycles. The number of H-pyrrole nitrogens is 1. The molecule has 2 heterocycles. The summed E-state index contributed by atoms with van der Waals surface area (Å²) in [7, 11) is 0. The van der Waals surface area contributed by atoms with Crippen molar-refractivity contribution in [1.82, 2.24) is 9.99 Å². The number of aromatic amines is 1. The summed E-state index contributed by atoms with van der Waals surface area (Å²) >= 11 is 6.98. The van der Waals surface area contributed by atoms with Gasteiger partial charge >= 0.3 is 5.97 Å². The zero-order valence-corrected chi connectivity index (χ0v) is 22.6. The van der Waals surface area contributed by atoms with E-state index >= 15 is 0 Å². The van der Waals surface area contributed by atoms with Crippen molar-refractivity contribution in [1.29, 1.82) is 0 Å². The molecule has 186 valence electrons. The van der Waals surface area contributed by atoms with E-state index in [1.807, 2.05) is 72.8 Å². The van der Waals surface area contributed by atoms with Crippen LogP contribution in [0.1, 0.15) is 36.4 Å². The second-order valence-electron chi connectivity index (χ2n) is 8.71. The standard InChI is InChI=1S/C28H21Br2N3O4/c29-18-8-6-16(7-9-18)23-15-22(32-33(23)24(34)12-13-25(35)36)27-26(17-4-2-1-3-5-17)20-14-19(30)10-11-21(20)31-28(27)37/h1-11,14,23H,12-13,15H2,(H,31,37)(H,35,36)/t23-/m1/s1. The van der Waals surface area contributed by atoms with Crippen molar-refractivity contribution < 1.29 is 14.7 Å². The van der Waals surface area contributed by atoms with Gasteiger partial charge in [0, 0.05) is 38.3 Å². The van der Waals surface area contributed by atoms with Gasteiger partial charge in [0.15, 0.2) is 0 Å². The first-order chi connectivity index (χ1) is 17.8. The lowest BCUT2D eigenvalue weighted by Crippen LogP contribution is -2.27. The Bertz CT molecular complexity index is 1600. The molecule has 0 fully saturated rings. The highest BCUT2D eigenvalue weighted by atomic mass is 79.9. The van der Waals surface area contributed by atoms with Gasteiger partial charge in [0.05, 0.1) is 23.7 Å². The van der Waals surface area contributed by atoms with Gasteiger partial charge in [0.1, 0.15) is 0 Å². The number of rotatable bonds is 6. The zero-order valence-electron chi connectivity index (χ0n) is 19.4. The number of nitrogens with one attached hydrogen (secondary N) is 1. The monoisotopic (exact) mass is 621 g/mol. The van der Waals surface area contributed by atoms with Crippen molar-refractivity contribution in [2.45, 2.75) is 25.3 Å². The molecule has 7 nitrogen and oxygen atoms in total. The van der Waals surface area contributed by atoms with E-state index in [2.05, 4.69) is 41.9 Å². The Hall–Kier alpha value is -3.56. The number of aliphatic carboxylic acids is 1. The second-order valence-corrected chi connectivity index (χ2v) is 10.5. The Labute approximate surface area is 229 Å². The molecule has 0 unspecified atom stereocenters. The Balaban J connectivity index is 1.69. The van der Waals surface area contributed by atoms with Crippen molar-refractivity contribution in [3.05, 3.63) is 103 Å². The molecule has 0 aliphatic carbocycles. The molecule has 37 heavy (non-hydrogen) atoms. The topological polar surface area (TPSA) is 103 Å². The fourth-order valence-electron chi connectivity index (χ4n) is 4.61. The van der Waals surface area contributed by atoms with E-state index in [1.165, 1.54) is 5.01 Å². The number of hydrogen-bond donors (Lipinski definition) is 2. The van der Waals surface area contributed by atoms with Gasteiger partial charge in [-0.15, -0.1) is 0 Å². The number of pyridine rings is 1. The van der Waals surface area contributed by atoms with Gasteiger partial charge in [0.2, 0.25) is 5.91 Å². The van der Waals surface area contributed by atoms with E-state index in [4.69, 9.17) is 5.11 Å². The van der Waals surface area contributed by atoms with Crippen molar-refractivity contribution in [3.8, 4) is 11.1 Å². The number of carboxylic acids is 1. The first-order valence-electron chi connectivity index (χ1n) is 11.6. The normalized spacial score (nSPS) is 15.1. The molecule has 0 saturated heterocycles. The quantitative estimate of drug-likeness (QED) is 0.265. The van der Waals surface area contributed by atoms with Crippen molar-refractivity contribution >= 4 is 60.4 Å². The summed E-state index contributed by atoms with van der Waals surface area (Å²) in [6, 6.07) is 22.4. The second kappa shape index (κ2) is 10.4. The van der Waals surface area contributed by atoms with Gasteiger partial charge in [-0.05, 0) is 41.5 Å². The molecule has 9 heteroatoms. The van der Waals surface area contributed by atoms with Gasteiger partial charge in [-0.2, -0.15) is 5.10 Å². The number of carboxylic acid groups (broad SMARTS) is 1. The first kappa shape index (κ1) is 25.1. The zero-order chi connectivity index (χ0) is 26.1. The van der Waals surface area contributed by atoms with E-state index < -0.39 is 17.9 Å². The van der Waals surface area contributed by atoms with Crippen LogP contribution in [0.2, 0.25) is 0 Å². The van der Waals surface area contributed by atoms with E-state index in [0.29, 0.717) is 23.2 Å². The Morgan fingerprint density at radius 3 is 2.35 bits per heavy atom. The molecule has 0 saturated carbocycles. The largest absolute Gasteiger partial charge is 0.481 e. The number of amides is 1. The van der Waals surface area contributed by atoms with Crippen LogP contribution in [-0.2, 0) is 9.59 Å². The van der Waals surface area contributed by atoms with Crippen LogP contribution in [0.4, 0.5) is 0 Å². The van der Waals surface area contributed by atoms with Crippen LogP contribution in [0.5, 0.6) is 0 Å². The van der Waals surface area contributed by atoms with Crippen molar-refractivity contribution in [2.24, 2.45) is 5.10 Å². The third-order valence-electron chi connectivity index (χ3n) is 6.30. The summed E-state index contributed by atoms with van der Waals surface area (Å²) in [5.41, 5.74) is 3.67. The average molecular weight is 623 g/mol. The van der Waals surface area contributed by atoms with E-state index in [1.54, 1.807) is 0 Å². The van der Waals surface area contributed by atoms with Crippen LogP contribution in [0, 0.1) is 0 Å². The number of hydrogen-bond acceptors (Lipinski definition) is 4. The minimum Gasteiger partial charge on any atom is -0.481 e. The maximum atomic E-state index is 13.5. The molecule has 1 aliphatic heterocycles. The molecular formula is C28H21Br2N3O4. The van der Waals surface area contributed by atoms with Crippen LogP contribution >= 0.6 is 31.9 Å². The summed E-state index contributed by atoms with van der Waals surface area (Å²) in [5, 5.41) is 15.9. The van der Waals surface area contributed by atoms with E-state index in [0.717, 1.165) is 31.0 Å². The van der Waals surface area contributed by atoms with Crippen LogP contribution < -0.4 is 5.56 Å². The summed E-state index contributed by atoms with van der Waals surface area (Å²) in [6.45, 7) is 0. The summed E-state index contributed by atoms with van der Waals surface area (Å²) in [6.07, 6.45) is -0.179. The summed E-state index contributed by atoms with van der Waals surface area (Å²) in [4.78, 5) is 40.8. The fraction of sp³-hybridized carbons (Fsp3) is 0.143. The molecule has 1 amide bonds. The predicted octanol–water partition coefficient (Wildman–Crippen LogP) is 6.26. The van der Waals surface area contributed by atoms with Crippen molar-refractivity contribution in [2.75, 3.05) is 0 Å². The number of nitrogens with zero attached hydrogens (tertiary/aromatic N) is 2.